The molecule has 0 unspecified atom stereocenters. The minimum absolute atomic E-state index is 0.141. The van der Waals surface area contributed by atoms with Crippen molar-refractivity contribution in [2.45, 2.75) is 43.7 Å². The van der Waals surface area contributed by atoms with E-state index in [1.54, 1.807) is 23.1 Å². The molecule has 2 aliphatic rings. The second-order valence-corrected chi connectivity index (χ2v) is 8.66. The molecule has 1 aliphatic carbocycles. The molecule has 0 bridgehead atoms. The summed E-state index contributed by atoms with van der Waals surface area (Å²) >= 11 is 3.16. The first kappa shape index (κ1) is 17.5. The Kier molecular flexibility index (Phi) is 5.00. The van der Waals surface area contributed by atoms with Crippen LogP contribution in [0.2, 0.25) is 0 Å². The van der Waals surface area contributed by atoms with Gasteiger partial charge in [0.1, 0.15) is 11.6 Å². The fourth-order valence-corrected chi connectivity index (χ4v) is 5.44. The van der Waals surface area contributed by atoms with E-state index in [1.807, 2.05) is 17.5 Å². The summed E-state index contributed by atoms with van der Waals surface area (Å²) in [5, 5.41) is 5.92. The summed E-state index contributed by atoms with van der Waals surface area (Å²) in [7, 11) is 0. The van der Waals surface area contributed by atoms with Gasteiger partial charge in [-0.25, -0.2) is 4.98 Å². The quantitative estimate of drug-likeness (QED) is 0.458. The van der Waals surface area contributed by atoms with Crippen LogP contribution in [-0.4, -0.2) is 21.5 Å². The highest BCUT2D eigenvalue weighted by atomic mass is 32.2. The fraction of sp³-hybridized carbons (Fsp3) is 0.421. The van der Waals surface area contributed by atoms with Crippen LogP contribution in [0.3, 0.4) is 0 Å². The van der Waals surface area contributed by atoms with Gasteiger partial charge >= 0.3 is 0 Å². The molecule has 0 fully saturated rings. The molecule has 26 heavy (non-hydrogen) atoms. The number of aromatic nitrogens is 2. The summed E-state index contributed by atoms with van der Waals surface area (Å²) in [5.41, 5.74) is 1.34. The monoisotopic (exact) mass is 387 g/mol. The Morgan fingerprint density at radius 3 is 3.00 bits per heavy atom. The van der Waals surface area contributed by atoms with E-state index in [2.05, 4.69) is 28.3 Å². The van der Waals surface area contributed by atoms with Crippen molar-refractivity contribution in [3.8, 4) is 0 Å². The first-order valence-corrected chi connectivity index (χ1v) is 10.9. The zero-order valence-electron chi connectivity index (χ0n) is 14.6. The average molecular weight is 388 g/mol. The molecular weight excluding hydrogens is 366 g/mol. The largest absolute Gasteiger partial charge is 0.343 e. The number of allylic oxidation sites excluding steroid dienone is 2. The number of unbranched alkanes of at least 4 members (excludes halogenated alkanes) is 1. The van der Waals surface area contributed by atoms with Crippen molar-refractivity contribution in [1.82, 2.24) is 9.97 Å². The number of hydrogen-bond donors (Lipinski definition) is 2. The van der Waals surface area contributed by atoms with Crippen LogP contribution in [0.25, 0.3) is 0 Å². The molecule has 0 amide bonds. The van der Waals surface area contributed by atoms with Gasteiger partial charge in [0.15, 0.2) is 5.16 Å². The maximum Gasteiger partial charge on any atom is 0.257 e. The highest BCUT2D eigenvalue weighted by Gasteiger charge is 2.42. The number of rotatable bonds is 5. The van der Waals surface area contributed by atoms with Crippen LogP contribution in [0.5, 0.6) is 0 Å². The zero-order chi connectivity index (χ0) is 18.1. The Hall–Kier alpha value is -1.86. The van der Waals surface area contributed by atoms with Crippen LogP contribution < -0.4 is 10.9 Å². The average Bonchev–Trinajstić information content (AvgIpc) is 3.15. The molecule has 5 nitrogen and oxygen atoms in total. The number of aromatic amines is 1. The van der Waals surface area contributed by atoms with E-state index in [1.165, 1.54) is 0 Å². The van der Waals surface area contributed by atoms with Gasteiger partial charge in [-0.15, -0.1) is 11.3 Å². The highest BCUT2D eigenvalue weighted by Crippen LogP contribution is 2.46. The zero-order valence-corrected chi connectivity index (χ0v) is 16.2. The van der Waals surface area contributed by atoms with Crippen molar-refractivity contribution >= 4 is 34.7 Å². The molecule has 0 saturated heterocycles. The first-order chi connectivity index (χ1) is 12.7. The molecule has 0 saturated carbocycles. The number of nitrogens with zero attached hydrogens (tertiary/aromatic N) is 1. The van der Waals surface area contributed by atoms with Crippen LogP contribution >= 0.6 is 23.1 Å². The van der Waals surface area contributed by atoms with Crippen molar-refractivity contribution in [1.29, 1.82) is 0 Å². The number of H-pyrrole nitrogens is 1. The van der Waals surface area contributed by atoms with Crippen LogP contribution in [0.4, 0.5) is 5.82 Å². The Morgan fingerprint density at radius 1 is 1.35 bits per heavy atom. The maximum atomic E-state index is 12.9. The molecule has 3 heterocycles. The smallest absolute Gasteiger partial charge is 0.257 e. The lowest BCUT2D eigenvalue weighted by molar-refractivity contribution is -0.122. The van der Waals surface area contributed by atoms with Crippen LogP contribution in [0.1, 0.15) is 49.0 Å². The van der Waals surface area contributed by atoms with Crippen molar-refractivity contribution in [3.63, 3.8) is 0 Å². The van der Waals surface area contributed by atoms with Crippen LogP contribution in [0.15, 0.2) is 39.2 Å². The topological polar surface area (TPSA) is 74.8 Å². The molecule has 2 atom stereocenters. The molecule has 2 aromatic rings. The summed E-state index contributed by atoms with van der Waals surface area (Å²) in [4.78, 5) is 34.2. The predicted molar refractivity (Wildman–Crippen MR) is 106 cm³/mol. The van der Waals surface area contributed by atoms with E-state index in [-0.39, 0.29) is 23.2 Å². The van der Waals surface area contributed by atoms with Gasteiger partial charge in [0.2, 0.25) is 0 Å². The fourth-order valence-electron chi connectivity index (χ4n) is 3.63. The second-order valence-electron chi connectivity index (χ2n) is 6.60. The Balaban J connectivity index is 1.81. The van der Waals surface area contributed by atoms with Gasteiger partial charge in [-0.3, -0.25) is 9.59 Å². The van der Waals surface area contributed by atoms with Crippen molar-refractivity contribution in [2.75, 3.05) is 11.1 Å². The number of carbonyl (C=O) groups excluding carboxylic acids is 1. The van der Waals surface area contributed by atoms with Gasteiger partial charge in [-0.1, -0.05) is 37.2 Å². The summed E-state index contributed by atoms with van der Waals surface area (Å²) in [5.74, 6) is 1.16. The summed E-state index contributed by atoms with van der Waals surface area (Å²) in [6.07, 6.45) is 5.55. The standard InChI is InChI=1S/C19H21N3O2S2/c1-2-3-9-26-19-21-17-16(18(24)22-19)15(13-8-5-10-25-13)14-11(20-17)6-4-7-12(14)23/h5-6,8,10,14-15H,2-4,7,9H2,1H3,(H2,20,21,22,24)/t14-,15-/m0/s1. The highest BCUT2D eigenvalue weighted by molar-refractivity contribution is 7.99. The lowest BCUT2D eigenvalue weighted by Gasteiger charge is -2.35. The van der Waals surface area contributed by atoms with Crippen LogP contribution in [0, 0.1) is 5.92 Å². The SMILES string of the molecule is CCCCSc1nc2c(c(=O)[nH]1)[C@@H](c1cccs1)[C@@H]1C(=O)CCC=C1N2. The molecule has 2 aromatic heterocycles. The number of thioether (sulfide) groups is 1. The molecule has 4 rings (SSSR count). The molecule has 136 valence electrons. The molecule has 1 aliphatic heterocycles. The van der Waals surface area contributed by atoms with Gasteiger partial charge in [0, 0.05) is 28.7 Å². The lowest BCUT2D eigenvalue weighted by atomic mass is 9.74. The van der Waals surface area contributed by atoms with E-state index in [0.717, 1.165) is 35.6 Å². The molecular formula is C19H21N3O2S2. The molecule has 0 radical (unpaired) electrons. The van der Waals surface area contributed by atoms with E-state index < -0.39 is 0 Å². The normalized spacial score (nSPS) is 21.6. The molecule has 2 N–H and O–H groups in total. The third-order valence-electron chi connectivity index (χ3n) is 4.86. The Bertz CT molecular complexity index is 902. The van der Waals surface area contributed by atoms with E-state index >= 15 is 0 Å². The van der Waals surface area contributed by atoms with Gasteiger partial charge in [0.25, 0.3) is 5.56 Å². The molecule has 0 aromatic carbocycles. The van der Waals surface area contributed by atoms with Gasteiger partial charge in [-0.05, 0) is 24.3 Å². The third-order valence-corrected chi connectivity index (χ3v) is 6.78. The first-order valence-electron chi connectivity index (χ1n) is 8.99. The second kappa shape index (κ2) is 7.40. The van der Waals surface area contributed by atoms with Crippen LogP contribution in [-0.2, 0) is 4.79 Å². The summed E-state index contributed by atoms with van der Waals surface area (Å²) in [6.45, 7) is 2.14. The summed E-state index contributed by atoms with van der Waals surface area (Å²) < 4.78 is 0. The van der Waals surface area contributed by atoms with Crippen molar-refractivity contribution < 1.29 is 4.79 Å². The van der Waals surface area contributed by atoms with Crippen molar-refractivity contribution in [3.05, 3.63) is 50.1 Å². The Morgan fingerprint density at radius 2 is 2.23 bits per heavy atom. The van der Waals surface area contributed by atoms with E-state index in [4.69, 9.17) is 0 Å². The number of hydrogen-bond acceptors (Lipinski definition) is 6. The summed E-state index contributed by atoms with van der Waals surface area (Å²) in [6, 6.07) is 3.97. The van der Waals surface area contributed by atoms with Gasteiger partial charge in [-0.2, -0.15) is 0 Å². The van der Waals surface area contributed by atoms with Gasteiger partial charge in [0.05, 0.1) is 11.5 Å². The Labute approximate surface area is 160 Å². The minimum atomic E-state index is -0.309. The number of Topliss-reactive ketones (excluding diaryl/α,β-unsaturated/α-hetero) is 1. The van der Waals surface area contributed by atoms with Gasteiger partial charge < -0.3 is 10.3 Å². The number of nitrogens with one attached hydrogen (secondary N) is 2. The maximum absolute atomic E-state index is 12.9. The number of carbonyl (C=O) groups is 1. The molecule has 7 heteroatoms. The lowest BCUT2D eigenvalue weighted by Crippen LogP contribution is -2.38. The van der Waals surface area contributed by atoms with E-state index in [0.29, 0.717) is 23.0 Å². The van der Waals surface area contributed by atoms with E-state index in [9.17, 15) is 9.59 Å². The molecule has 0 spiro atoms. The number of anilines is 1. The third kappa shape index (κ3) is 3.14. The van der Waals surface area contributed by atoms with Crippen molar-refractivity contribution in [2.24, 2.45) is 5.92 Å². The number of thiophene rings is 1. The minimum Gasteiger partial charge on any atom is -0.343 e. The number of ketones is 1. The number of fused-ring (bicyclic) bond motifs is 2. The predicted octanol–water partition coefficient (Wildman–Crippen LogP) is 4.14.